The Balaban J connectivity index is 1.37. The van der Waals surface area contributed by atoms with Crippen LogP contribution in [-0.2, 0) is 11.2 Å². The number of carbonyl (C=O) groups is 2. The summed E-state index contributed by atoms with van der Waals surface area (Å²) in [4.78, 5) is 26.4. The summed E-state index contributed by atoms with van der Waals surface area (Å²) in [7, 11) is 1.64. The molecule has 0 radical (unpaired) electrons. The lowest BCUT2D eigenvalue weighted by Gasteiger charge is -2.31. The first-order valence-electron chi connectivity index (χ1n) is 9.45. The molecule has 0 bridgehead atoms. The molecule has 1 saturated heterocycles. The Bertz CT molecular complexity index is 795. The molecule has 1 fully saturated rings. The number of methoxy groups -OCH3 is 1. The summed E-state index contributed by atoms with van der Waals surface area (Å²) in [6, 6.07) is 9.40. The van der Waals surface area contributed by atoms with Crippen LogP contribution < -0.4 is 15.4 Å². The summed E-state index contributed by atoms with van der Waals surface area (Å²) >= 11 is 0. The Morgan fingerprint density at radius 2 is 1.96 bits per heavy atom. The predicted octanol–water partition coefficient (Wildman–Crippen LogP) is 2.59. The minimum atomic E-state index is -0.125. The first-order chi connectivity index (χ1) is 13.5. The average molecular weight is 386 g/mol. The first kappa shape index (κ1) is 19.7. The zero-order chi connectivity index (χ0) is 19.9. The van der Waals surface area contributed by atoms with Gasteiger partial charge in [0.2, 0.25) is 5.91 Å². The van der Waals surface area contributed by atoms with Crippen molar-refractivity contribution in [2.75, 3.05) is 32.1 Å². The van der Waals surface area contributed by atoms with Crippen molar-refractivity contribution in [3.63, 3.8) is 0 Å². The zero-order valence-corrected chi connectivity index (χ0v) is 16.2. The van der Waals surface area contributed by atoms with E-state index in [4.69, 9.17) is 9.26 Å². The SMILES string of the molecule is COc1ccc(CCNC(=O)N2CCC(C(=O)Nc3cc(C)on3)CC2)cc1. The first-order valence-corrected chi connectivity index (χ1v) is 9.45. The van der Waals surface area contributed by atoms with Gasteiger partial charge in [0, 0.05) is 31.6 Å². The van der Waals surface area contributed by atoms with Crippen molar-refractivity contribution in [1.29, 1.82) is 0 Å². The molecule has 2 N–H and O–H groups in total. The number of urea groups is 1. The van der Waals surface area contributed by atoms with Crippen LogP contribution in [0.25, 0.3) is 0 Å². The predicted molar refractivity (Wildman–Crippen MR) is 104 cm³/mol. The molecule has 8 heteroatoms. The van der Waals surface area contributed by atoms with E-state index in [-0.39, 0.29) is 17.9 Å². The van der Waals surface area contributed by atoms with E-state index in [9.17, 15) is 9.59 Å². The number of nitrogens with zero attached hydrogens (tertiary/aromatic N) is 2. The topological polar surface area (TPSA) is 96.7 Å². The quantitative estimate of drug-likeness (QED) is 0.795. The van der Waals surface area contributed by atoms with Crippen LogP contribution in [0, 0.1) is 12.8 Å². The van der Waals surface area contributed by atoms with Gasteiger partial charge >= 0.3 is 6.03 Å². The van der Waals surface area contributed by atoms with Gasteiger partial charge in [-0.1, -0.05) is 17.3 Å². The Kier molecular flexibility index (Phi) is 6.52. The van der Waals surface area contributed by atoms with Gasteiger partial charge in [-0.15, -0.1) is 0 Å². The third kappa shape index (κ3) is 5.25. The Morgan fingerprint density at radius 3 is 2.57 bits per heavy atom. The van der Waals surface area contributed by atoms with Crippen molar-refractivity contribution < 1.29 is 18.8 Å². The molecule has 1 aromatic heterocycles. The standard InChI is InChI=1S/C20H26N4O4/c1-14-13-18(23-28-14)22-19(25)16-8-11-24(12-9-16)20(26)21-10-7-15-3-5-17(27-2)6-4-15/h3-6,13,16H,7-12H2,1-2H3,(H,21,26)(H,22,23,25). The van der Waals surface area contributed by atoms with Crippen molar-refractivity contribution in [2.24, 2.45) is 5.92 Å². The lowest BCUT2D eigenvalue weighted by molar-refractivity contribution is -0.121. The molecule has 0 spiro atoms. The monoisotopic (exact) mass is 386 g/mol. The molecule has 0 aliphatic carbocycles. The average Bonchev–Trinajstić information content (AvgIpc) is 3.13. The lowest BCUT2D eigenvalue weighted by Crippen LogP contribution is -2.46. The summed E-state index contributed by atoms with van der Waals surface area (Å²) in [6.45, 7) is 3.46. The third-order valence-electron chi connectivity index (χ3n) is 4.88. The molecule has 28 heavy (non-hydrogen) atoms. The fraction of sp³-hybridized carbons (Fsp3) is 0.450. The van der Waals surface area contributed by atoms with Gasteiger partial charge in [-0.3, -0.25) is 4.79 Å². The minimum absolute atomic E-state index is 0.0761. The number of ether oxygens (including phenoxy) is 1. The van der Waals surface area contributed by atoms with Crippen molar-refractivity contribution >= 4 is 17.8 Å². The molecule has 1 aliphatic rings. The number of benzene rings is 1. The zero-order valence-electron chi connectivity index (χ0n) is 16.2. The number of aromatic nitrogens is 1. The van der Waals surface area contributed by atoms with Gasteiger partial charge in [0.15, 0.2) is 5.82 Å². The number of anilines is 1. The van der Waals surface area contributed by atoms with Gasteiger partial charge in [0.1, 0.15) is 11.5 Å². The molecule has 3 amide bonds. The number of aryl methyl sites for hydroxylation is 1. The fourth-order valence-electron chi connectivity index (χ4n) is 3.22. The van der Waals surface area contributed by atoms with E-state index in [0.29, 0.717) is 44.1 Å². The van der Waals surface area contributed by atoms with Crippen LogP contribution in [0.15, 0.2) is 34.9 Å². The number of amides is 3. The summed E-state index contributed by atoms with van der Waals surface area (Å²) in [6.07, 6.45) is 2.02. The maximum Gasteiger partial charge on any atom is 0.317 e. The van der Waals surface area contributed by atoms with Crippen LogP contribution >= 0.6 is 0 Å². The Hall–Kier alpha value is -3.03. The number of likely N-dealkylation sites (tertiary alicyclic amines) is 1. The molecule has 3 rings (SSSR count). The van der Waals surface area contributed by atoms with Crippen molar-refractivity contribution in [2.45, 2.75) is 26.2 Å². The molecule has 1 aliphatic heterocycles. The van der Waals surface area contributed by atoms with Crippen LogP contribution in [0.4, 0.5) is 10.6 Å². The van der Waals surface area contributed by atoms with Gasteiger partial charge in [-0.05, 0) is 43.9 Å². The number of rotatable bonds is 6. The largest absolute Gasteiger partial charge is 0.497 e. The van der Waals surface area contributed by atoms with Gasteiger partial charge < -0.3 is 24.8 Å². The van der Waals surface area contributed by atoms with E-state index in [0.717, 1.165) is 17.7 Å². The lowest BCUT2D eigenvalue weighted by atomic mass is 9.96. The van der Waals surface area contributed by atoms with Crippen LogP contribution in [-0.4, -0.2) is 48.7 Å². The van der Waals surface area contributed by atoms with Gasteiger partial charge in [-0.25, -0.2) is 4.79 Å². The fourth-order valence-corrected chi connectivity index (χ4v) is 3.22. The van der Waals surface area contributed by atoms with Gasteiger partial charge in [-0.2, -0.15) is 0 Å². The van der Waals surface area contributed by atoms with Crippen LogP contribution in [0.5, 0.6) is 5.75 Å². The van der Waals surface area contributed by atoms with Crippen molar-refractivity contribution in [3.05, 3.63) is 41.7 Å². The van der Waals surface area contributed by atoms with E-state index in [1.807, 2.05) is 24.3 Å². The van der Waals surface area contributed by atoms with Crippen LogP contribution in [0.2, 0.25) is 0 Å². The second-order valence-electron chi connectivity index (χ2n) is 6.90. The van der Waals surface area contributed by atoms with Crippen molar-refractivity contribution in [3.8, 4) is 5.75 Å². The van der Waals surface area contributed by atoms with Gasteiger partial charge in [0.25, 0.3) is 0 Å². The van der Waals surface area contributed by atoms with Crippen molar-refractivity contribution in [1.82, 2.24) is 15.4 Å². The molecule has 150 valence electrons. The smallest absolute Gasteiger partial charge is 0.317 e. The van der Waals surface area contributed by atoms with E-state index < -0.39 is 0 Å². The molecule has 0 atom stereocenters. The molecule has 2 aromatic rings. The van der Waals surface area contributed by atoms with E-state index in [2.05, 4.69) is 15.8 Å². The molecule has 8 nitrogen and oxygen atoms in total. The highest BCUT2D eigenvalue weighted by Crippen LogP contribution is 2.19. The molecule has 0 saturated carbocycles. The maximum atomic E-state index is 12.3. The van der Waals surface area contributed by atoms with Crippen LogP contribution in [0.3, 0.4) is 0 Å². The third-order valence-corrected chi connectivity index (χ3v) is 4.88. The normalized spacial score (nSPS) is 14.6. The summed E-state index contributed by atoms with van der Waals surface area (Å²) in [5.74, 6) is 1.70. The minimum Gasteiger partial charge on any atom is -0.497 e. The van der Waals surface area contributed by atoms with Crippen LogP contribution in [0.1, 0.15) is 24.2 Å². The Labute approximate surface area is 164 Å². The molecular weight excluding hydrogens is 360 g/mol. The maximum absolute atomic E-state index is 12.3. The molecule has 2 heterocycles. The highest BCUT2D eigenvalue weighted by atomic mass is 16.5. The van der Waals surface area contributed by atoms with Gasteiger partial charge in [0.05, 0.1) is 7.11 Å². The molecule has 1 aromatic carbocycles. The number of carbonyl (C=O) groups excluding carboxylic acids is 2. The van der Waals surface area contributed by atoms with E-state index in [1.165, 1.54) is 0 Å². The number of hydrogen-bond acceptors (Lipinski definition) is 5. The second-order valence-corrected chi connectivity index (χ2v) is 6.90. The van der Waals surface area contributed by atoms with E-state index >= 15 is 0 Å². The highest BCUT2D eigenvalue weighted by Gasteiger charge is 2.27. The number of nitrogens with one attached hydrogen (secondary N) is 2. The number of hydrogen-bond donors (Lipinski definition) is 2. The highest BCUT2D eigenvalue weighted by molar-refractivity contribution is 5.91. The second kappa shape index (κ2) is 9.25. The summed E-state index contributed by atoms with van der Waals surface area (Å²) in [5.41, 5.74) is 1.14. The Morgan fingerprint density at radius 1 is 1.25 bits per heavy atom. The summed E-state index contributed by atoms with van der Waals surface area (Å²) < 4.78 is 10.1. The summed E-state index contributed by atoms with van der Waals surface area (Å²) in [5, 5.41) is 9.49. The molecular formula is C20H26N4O4. The molecule has 0 unspecified atom stereocenters. The number of piperidine rings is 1. The van der Waals surface area contributed by atoms with E-state index in [1.54, 1.807) is 25.0 Å².